The van der Waals surface area contributed by atoms with E-state index in [1.54, 1.807) is 11.8 Å². The molecule has 2 aromatic carbocycles. The van der Waals surface area contributed by atoms with Gasteiger partial charge in [0.15, 0.2) is 5.82 Å². The largest absolute Gasteiger partial charge is 0.212 e. The third-order valence-corrected chi connectivity index (χ3v) is 5.50. The Morgan fingerprint density at radius 3 is 2.19 bits per heavy atom. The first-order valence-corrected chi connectivity index (χ1v) is 9.74. The molecule has 132 valence electrons. The molecule has 5 heteroatoms. The average molecular weight is 363 g/mol. The van der Waals surface area contributed by atoms with Gasteiger partial charge in [-0.3, -0.25) is 0 Å². The van der Waals surface area contributed by atoms with Gasteiger partial charge in [-0.15, -0.1) is 10.2 Å². The molecule has 0 radical (unpaired) electrons. The van der Waals surface area contributed by atoms with Crippen LogP contribution in [0.5, 0.6) is 0 Å². The smallest absolute Gasteiger partial charge is 0.187 e. The standard InChI is InChI=1S/C21H22N4S/c1-14-5-7-15(8-6-14)18-13-26-20-23-22-19(25(20)24-18)16-9-11-17(12-10-16)21(2,3)4/h5-12H,13H2,1-4H3. The predicted octanol–water partition coefficient (Wildman–Crippen LogP) is 4.91. The number of hydrogen-bond donors (Lipinski definition) is 0. The van der Waals surface area contributed by atoms with Crippen LogP contribution in [0.25, 0.3) is 11.4 Å². The van der Waals surface area contributed by atoms with Crippen molar-refractivity contribution in [2.45, 2.75) is 38.3 Å². The van der Waals surface area contributed by atoms with Gasteiger partial charge < -0.3 is 0 Å². The van der Waals surface area contributed by atoms with Crippen LogP contribution >= 0.6 is 11.8 Å². The molecule has 0 N–H and O–H groups in total. The summed E-state index contributed by atoms with van der Waals surface area (Å²) in [5.74, 6) is 1.60. The molecule has 1 aromatic heterocycles. The lowest BCUT2D eigenvalue weighted by Crippen LogP contribution is -2.14. The molecule has 0 bridgehead atoms. The van der Waals surface area contributed by atoms with Crippen molar-refractivity contribution < 1.29 is 0 Å². The summed E-state index contributed by atoms with van der Waals surface area (Å²) in [4.78, 5) is 0. The second kappa shape index (κ2) is 6.40. The molecule has 0 saturated heterocycles. The molecule has 0 amide bonds. The van der Waals surface area contributed by atoms with Gasteiger partial charge in [-0.2, -0.15) is 9.78 Å². The van der Waals surface area contributed by atoms with E-state index in [4.69, 9.17) is 5.10 Å². The summed E-state index contributed by atoms with van der Waals surface area (Å²) in [6.07, 6.45) is 0. The summed E-state index contributed by atoms with van der Waals surface area (Å²) >= 11 is 1.68. The van der Waals surface area contributed by atoms with Crippen molar-refractivity contribution in [3.8, 4) is 11.4 Å². The molecule has 4 nitrogen and oxygen atoms in total. The normalized spacial score (nSPS) is 14.1. The molecule has 2 heterocycles. The van der Waals surface area contributed by atoms with Crippen LogP contribution < -0.4 is 0 Å². The van der Waals surface area contributed by atoms with Crippen LogP contribution in [-0.4, -0.2) is 26.3 Å². The number of nitrogens with zero attached hydrogens (tertiary/aromatic N) is 4. The maximum atomic E-state index is 4.84. The maximum absolute atomic E-state index is 4.84. The Morgan fingerprint density at radius 2 is 1.54 bits per heavy atom. The van der Waals surface area contributed by atoms with Gasteiger partial charge in [0, 0.05) is 11.3 Å². The van der Waals surface area contributed by atoms with E-state index >= 15 is 0 Å². The highest BCUT2D eigenvalue weighted by molar-refractivity contribution is 7.99. The lowest BCUT2D eigenvalue weighted by Gasteiger charge is -2.19. The summed E-state index contributed by atoms with van der Waals surface area (Å²) in [6, 6.07) is 17.0. The zero-order chi connectivity index (χ0) is 18.3. The molecule has 0 fully saturated rings. The Balaban J connectivity index is 1.72. The predicted molar refractivity (Wildman–Crippen MR) is 108 cm³/mol. The summed E-state index contributed by atoms with van der Waals surface area (Å²) in [5.41, 5.74) is 5.92. The van der Waals surface area contributed by atoms with Gasteiger partial charge in [0.25, 0.3) is 0 Å². The van der Waals surface area contributed by atoms with Crippen molar-refractivity contribution in [2.24, 2.45) is 5.10 Å². The summed E-state index contributed by atoms with van der Waals surface area (Å²) < 4.78 is 1.87. The summed E-state index contributed by atoms with van der Waals surface area (Å²) in [7, 11) is 0. The van der Waals surface area contributed by atoms with Gasteiger partial charge in [0.1, 0.15) is 0 Å². The topological polar surface area (TPSA) is 43.1 Å². The lowest BCUT2D eigenvalue weighted by atomic mass is 9.87. The van der Waals surface area contributed by atoms with Gasteiger partial charge in [0.05, 0.1) is 5.71 Å². The number of aromatic nitrogens is 3. The molecule has 0 saturated carbocycles. The van der Waals surface area contributed by atoms with Crippen molar-refractivity contribution in [3.63, 3.8) is 0 Å². The van der Waals surface area contributed by atoms with Crippen LogP contribution in [-0.2, 0) is 5.41 Å². The minimum absolute atomic E-state index is 0.134. The van der Waals surface area contributed by atoms with Gasteiger partial charge >= 0.3 is 0 Å². The number of thioether (sulfide) groups is 1. The van der Waals surface area contributed by atoms with Crippen molar-refractivity contribution in [1.29, 1.82) is 0 Å². The molecule has 1 aliphatic rings. The number of fused-ring (bicyclic) bond motifs is 1. The van der Waals surface area contributed by atoms with Crippen LogP contribution in [0, 0.1) is 6.92 Å². The van der Waals surface area contributed by atoms with Crippen LogP contribution in [0.3, 0.4) is 0 Å². The Morgan fingerprint density at radius 1 is 0.885 bits per heavy atom. The van der Waals surface area contributed by atoms with E-state index in [2.05, 4.69) is 86.4 Å². The van der Waals surface area contributed by atoms with Gasteiger partial charge in [0.2, 0.25) is 5.16 Å². The third-order valence-electron chi connectivity index (χ3n) is 4.56. The summed E-state index contributed by atoms with van der Waals surface area (Å²) in [6.45, 7) is 8.75. The number of benzene rings is 2. The number of rotatable bonds is 2. The highest BCUT2D eigenvalue weighted by atomic mass is 32.2. The fourth-order valence-electron chi connectivity index (χ4n) is 2.91. The second-order valence-electron chi connectivity index (χ2n) is 7.65. The van der Waals surface area contributed by atoms with E-state index < -0.39 is 0 Å². The molecular formula is C21H22N4S. The minimum Gasteiger partial charge on any atom is -0.187 e. The highest BCUT2D eigenvalue weighted by Crippen LogP contribution is 2.30. The monoisotopic (exact) mass is 362 g/mol. The number of hydrogen-bond acceptors (Lipinski definition) is 4. The van der Waals surface area contributed by atoms with E-state index in [0.29, 0.717) is 0 Å². The molecule has 0 unspecified atom stereocenters. The molecular weight excluding hydrogens is 340 g/mol. The van der Waals surface area contributed by atoms with Crippen LogP contribution in [0.1, 0.15) is 37.5 Å². The van der Waals surface area contributed by atoms with Gasteiger partial charge in [-0.05, 0) is 23.5 Å². The maximum Gasteiger partial charge on any atom is 0.212 e. The zero-order valence-electron chi connectivity index (χ0n) is 15.5. The molecule has 0 atom stereocenters. The molecule has 3 aromatic rings. The van der Waals surface area contributed by atoms with Crippen molar-refractivity contribution in [2.75, 3.05) is 5.75 Å². The SMILES string of the molecule is Cc1ccc(C2=Nn3c(nnc3-c3ccc(C(C)(C)C)cc3)SC2)cc1. The Labute approximate surface area is 158 Å². The van der Waals surface area contributed by atoms with E-state index in [0.717, 1.165) is 33.6 Å². The van der Waals surface area contributed by atoms with Crippen LogP contribution in [0.2, 0.25) is 0 Å². The van der Waals surface area contributed by atoms with Crippen LogP contribution in [0.4, 0.5) is 0 Å². The Bertz CT molecular complexity index is 961. The average Bonchev–Trinajstić information content (AvgIpc) is 3.05. The van der Waals surface area contributed by atoms with Gasteiger partial charge in [-0.25, -0.2) is 0 Å². The first-order chi connectivity index (χ1) is 12.4. The molecule has 0 aliphatic carbocycles. The van der Waals surface area contributed by atoms with Crippen LogP contribution in [0.15, 0.2) is 58.8 Å². The molecule has 0 spiro atoms. The summed E-state index contributed by atoms with van der Waals surface area (Å²) in [5, 5.41) is 14.4. The molecule has 4 rings (SSSR count). The van der Waals surface area contributed by atoms with Gasteiger partial charge in [-0.1, -0.05) is 86.6 Å². The first kappa shape index (κ1) is 17.0. The quantitative estimate of drug-likeness (QED) is 0.650. The first-order valence-electron chi connectivity index (χ1n) is 8.76. The minimum atomic E-state index is 0.134. The van der Waals surface area contributed by atoms with E-state index in [1.165, 1.54) is 11.1 Å². The Kier molecular flexibility index (Phi) is 4.19. The zero-order valence-corrected chi connectivity index (χ0v) is 16.3. The second-order valence-corrected chi connectivity index (χ2v) is 8.59. The van der Waals surface area contributed by atoms with E-state index in [-0.39, 0.29) is 5.41 Å². The third kappa shape index (κ3) is 3.19. The molecule has 26 heavy (non-hydrogen) atoms. The highest BCUT2D eigenvalue weighted by Gasteiger charge is 2.21. The fraction of sp³-hybridized carbons (Fsp3) is 0.286. The van der Waals surface area contributed by atoms with Crippen molar-refractivity contribution in [1.82, 2.24) is 14.9 Å². The molecule has 1 aliphatic heterocycles. The van der Waals surface area contributed by atoms with E-state index in [1.807, 2.05) is 4.68 Å². The number of aryl methyl sites for hydroxylation is 1. The van der Waals surface area contributed by atoms with Crippen molar-refractivity contribution >= 4 is 17.5 Å². The van der Waals surface area contributed by atoms with E-state index in [9.17, 15) is 0 Å². The van der Waals surface area contributed by atoms with Crippen molar-refractivity contribution in [3.05, 3.63) is 65.2 Å². The lowest BCUT2D eigenvalue weighted by molar-refractivity contribution is 0.590. The Hall–Kier alpha value is -2.40. The fourth-order valence-corrected chi connectivity index (χ4v) is 3.75.